The standard InChI is InChI=1S/C18H21FN4O3/c1-2-3-9-18(13-5-7-14(19)8-6-13)16(25)23(17(26)22-18)12-15(24)21-11-4-10-20/h5-8H,2-4,9,11-12H2,1H3,(H,21,24)(H,22,26). The van der Waals surface area contributed by atoms with Gasteiger partial charge >= 0.3 is 6.03 Å². The second-order valence-corrected chi connectivity index (χ2v) is 6.10. The van der Waals surface area contributed by atoms with E-state index in [2.05, 4.69) is 10.6 Å². The average Bonchev–Trinajstić information content (AvgIpc) is 2.86. The summed E-state index contributed by atoms with van der Waals surface area (Å²) in [5.74, 6) is -1.49. The molecule has 7 nitrogen and oxygen atoms in total. The van der Waals surface area contributed by atoms with E-state index in [1.165, 1.54) is 24.3 Å². The lowest BCUT2D eigenvalue weighted by molar-refractivity contribution is -0.135. The Labute approximate surface area is 151 Å². The number of imide groups is 1. The third-order valence-corrected chi connectivity index (χ3v) is 4.28. The molecule has 2 N–H and O–H groups in total. The first kappa shape index (κ1) is 19.4. The van der Waals surface area contributed by atoms with Crippen molar-refractivity contribution in [3.05, 3.63) is 35.6 Å². The van der Waals surface area contributed by atoms with Crippen LogP contribution in [-0.2, 0) is 15.1 Å². The van der Waals surface area contributed by atoms with Gasteiger partial charge in [-0.15, -0.1) is 0 Å². The number of unbranched alkanes of at least 4 members (excludes halogenated alkanes) is 1. The second kappa shape index (κ2) is 8.43. The van der Waals surface area contributed by atoms with Gasteiger partial charge in [0.2, 0.25) is 5.91 Å². The summed E-state index contributed by atoms with van der Waals surface area (Å²) in [5, 5.41) is 13.7. The molecule has 1 heterocycles. The number of benzene rings is 1. The van der Waals surface area contributed by atoms with E-state index >= 15 is 0 Å². The first-order chi connectivity index (χ1) is 12.4. The maximum absolute atomic E-state index is 13.3. The van der Waals surface area contributed by atoms with Gasteiger partial charge in [-0.05, 0) is 24.1 Å². The Morgan fingerprint density at radius 2 is 2.04 bits per heavy atom. The molecule has 1 aliphatic heterocycles. The van der Waals surface area contributed by atoms with Crippen molar-refractivity contribution in [2.24, 2.45) is 0 Å². The molecule has 2 rings (SSSR count). The molecule has 8 heteroatoms. The fourth-order valence-corrected chi connectivity index (χ4v) is 2.91. The highest BCUT2D eigenvalue weighted by molar-refractivity contribution is 6.09. The zero-order chi connectivity index (χ0) is 19.2. The quantitative estimate of drug-likeness (QED) is 0.545. The number of nitrogens with zero attached hydrogens (tertiary/aromatic N) is 2. The molecule has 0 radical (unpaired) electrons. The molecule has 0 aliphatic carbocycles. The summed E-state index contributed by atoms with van der Waals surface area (Å²) in [6.45, 7) is 1.68. The highest BCUT2D eigenvalue weighted by Gasteiger charge is 2.52. The number of carbonyl (C=O) groups excluding carboxylic acids is 3. The van der Waals surface area contributed by atoms with Gasteiger partial charge < -0.3 is 10.6 Å². The van der Waals surface area contributed by atoms with Crippen molar-refractivity contribution < 1.29 is 18.8 Å². The molecule has 0 spiro atoms. The summed E-state index contributed by atoms with van der Waals surface area (Å²) in [6, 6.07) is 6.65. The summed E-state index contributed by atoms with van der Waals surface area (Å²) >= 11 is 0. The molecule has 1 saturated heterocycles. The lowest BCUT2D eigenvalue weighted by Crippen LogP contribution is -2.45. The minimum absolute atomic E-state index is 0.141. The molecule has 138 valence electrons. The number of rotatable bonds is 8. The van der Waals surface area contributed by atoms with Crippen molar-refractivity contribution in [2.45, 2.75) is 38.1 Å². The van der Waals surface area contributed by atoms with Gasteiger partial charge in [0.1, 0.15) is 17.9 Å². The third-order valence-electron chi connectivity index (χ3n) is 4.28. The van der Waals surface area contributed by atoms with Crippen LogP contribution in [-0.4, -0.2) is 35.8 Å². The van der Waals surface area contributed by atoms with Crippen LogP contribution in [0.3, 0.4) is 0 Å². The normalized spacial score (nSPS) is 19.2. The van der Waals surface area contributed by atoms with Crippen molar-refractivity contribution in [1.82, 2.24) is 15.5 Å². The maximum Gasteiger partial charge on any atom is 0.325 e. The Hall–Kier alpha value is -2.95. The summed E-state index contributed by atoms with van der Waals surface area (Å²) in [7, 11) is 0. The Balaban J connectivity index is 2.23. The fourth-order valence-electron chi connectivity index (χ4n) is 2.91. The van der Waals surface area contributed by atoms with E-state index in [0.29, 0.717) is 18.4 Å². The average molecular weight is 360 g/mol. The third kappa shape index (κ3) is 3.99. The van der Waals surface area contributed by atoms with E-state index in [4.69, 9.17) is 5.26 Å². The van der Waals surface area contributed by atoms with E-state index in [1.807, 2.05) is 13.0 Å². The molecule has 1 aliphatic rings. The minimum Gasteiger partial charge on any atom is -0.354 e. The molecule has 26 heavy (non-hydrogen) atoms. The van der Waals surface area contributed by atoms with E-state index < -0.39 is 35.7 Å². The van der Waals surface area contributed by atoms with E-state index in [1.54, 1.807) is 0 Å². The molecule has 0 saturated carbocycles. The highest BCUT2D eigenvalue weighted by Crippen LogP contribution is 2.34. The molecule has 4 amide bonds. The number of urea groups is 1. The van der Waals surface area contributed by atoms with Gasteiger partial charge in [0.15, 0.2) is 0 Å². The highest BCUT2D eigenvalue weighted by atomic mass is 19.1. The first-order valence-corrected chi connectivity index (χ1v) is 8.48. The Morgan fingerprint density at radius 3 is 2.65 bits per heavy atom. The predicted octanol–water partition coefficient (Wildman–Crippen LogP) is 1.79. The molecule has 0 aromatic heterocycles. The van der Waals surface area contributed by atoms with Crippen LogP contribution in [0.1, 0.15) is 38.2 Å². The van der Waals surface area contributed by atoms with Gasteiger partial charge in [0, 0.05) is 6.54 Å². The van der Waals surface area contributed by atoms with Crippen molar-refractivity contribution in [1.29, 1.82) is 5.26 Å². The Kier molecular flexibility index (Phi) is 6.28. The van der Waals surface area contributed by atoms with Gasteiger partial charge in [-0.2, -0.15) is 5.26 Å². The smallest absolute Gasteiger partial charge is 0.325 e. The molecule has 1 aromatic rings. The van der Waals surface area contributed by atoms with E-state index in [9.17, 15) is 18.8 Å². The summed E-state index contributed by atoms with van der Waals surface area (Å²) in [6.07, 6.45) is 1.97. The molecule has 1 fully saturated rings. The Morgan fingerprint density at radius 1 is 1.35 bits per heavy atom. The second-order valence-electron chi connectivity index (χ2n) is 6.10. The Bertz CT molecular complexity index is 729. The number of carbonyl (C=O) groups is 3. The summed E-state index contributed by atoms with van der Waals surface area (Å²) in [4.78, 5) is 38.2. The van der Waals surface area contributed by atoms with Gasteiger partial charge in [0.05, 0.1) is 12.5 Å². The fraction of sp³-hybridized carbons (Fsp3) is 0.444. The van der Waals surface area contributed by atoms with Gasteiger partial charge in [0.25, 0.3) is 5.91 Å². The number of amides is 4. The number of halogens is 1. The van der Waals surface area contributed by atoms with Crippen molar-refractivity contribution in [3.63, 3.8) is 0 Å². The number of hydrogen-bond acceptors (Lipinski definition) is 4. The molecule has 1 atom stereocenters. The van der Waals surface area contributed by atoms with Crippen LogP contribution >= 0.6 is 0 Å². The lowest BCUT2D eigenvalue weighted by Gasteiger charge is -2.27. The van der Waals surface area contributed by atoms with Crippen LogP contribution in [0.15, 0.2) is 24.3 Å². The van der Waals surface area contributed by atoms with Gasteiger partial charge in [-0.1, -0.05) is 31.9 Å². The van der Waals surface area contributed by atoms with Crippen LogP contribution in [0.5, 0.6) is 0 Å². The van der Waals surface area contributed by atoms with Crippen LogP contribution in [0.4, 0.5) is 9.18 Å². The molecular formula is C18H21FN4O3. The molecular weight excluding hydrogens is 339 g/mol. The zero-order valence-electron chi connectivity index (χ0n) is 14.5. The number of hydrogen-bond donors (Lipinski definition) is 2. The predicted molar refractivity (Wildman–Crippen MR) is 91.1 cm³/mol. The van der Waals surface area contributed by atoms with Crippen molar-refractivity contribution in [2.75, 3.05) is 13.1 Å². The van der Waals surface area contributed by atoms with Gasteiger partial charge in [-0.3, -0.25) is 14.5 Å². The SMILES string of the molecule is CCCCC1(c2ccc(F)cc2)NC(=O)N(CC(=O)NCCC#N)C1=O. The van der Waals surface area contributed by atoms with Crippen molar-refractivity contribution >= 4 is 17.8 Å². The topological polar surface area (TPSA) is 102 Å². The molecule has 1 unspecified atom stereocenters. The molecule has 1 aromatic carbocycles. The van der Waals surface area contributed by atoms with Crippen LogP contribution in [0.25, 0.3) is 0 Å². The summed E-state index contributed by atoms with van der Waals surface area (Å²) < 4.78 is 13.3. The summed E-state index contributed by atoms with van der Waals surface area (Å²) in [5.41, 5.74) is -0.814. The van der Waals surface area contributed by atoms with E-state index in [0.717, 1.165) is 11.3 Å². The van der Waals surface area contributed by atoms with Gasteiger partial charge in [-0.25, -0.2) is 9.18 Å². The van der Waals surface area contributed by atoms with Crippen LogP contribution in [0.2, 0.25) is 0 Å². The lowest BCUT2D eigenvalue weighted by atomic mass is 9.85. The number of nitriles is 1. The first-order valence-electron chi connectivity index (χ1n) is 8.48. The van der Waals surface area contributed by atoms with Crippen LogP contribution in [0, 0.1) is 17.1 Å². The monoisotopic (exact) mass is 360 g/mol. The van der Waals surface area contributed by atoms with Crippen molar-refractivity contribution in [3.8, 4) is 6.07 Å². The van der Waals surface area contributed by atoms with Crippen LogP contribution < -0.4 is 10.6 Å². The maximum atomic E-state index is 13.3. The number of nitrogens with one attached hydrogen (secondary N) is 2. The minimum atomic E-state index is -1.30. The molecule has 0 bridgehead atoms. The van der Waals surface area contributed by atoms with E-state index in [-0.39, 0.29) is 13.0 Å². The zero-order valence-corrected chi connectivity index (χ0v) is 14.5. The largest absolute Gasteiger partial charge is 0.354 e.